The van der Waals surface area contributed by atoms with Crippen LogP contribution in [-0.4, -0.2) is 23.9 Å². The molecule has 0 saturated carbocycles. The molecule has 0 spiro atoms. The third kappa shape index (κ3) is 4.86. The average Bonchev–Trinajstić information content (AvgIpc) is 2.14. The van der Waals surface area contributed by atoms with Crippen LogP contribution in [0.3, 0.4) is 0 Å². The summed E-state index contributed by atoms with van der Waals surface area (Å²) in [5, 5.41) is 0. The first-order valence-electron chi connectivity index (χ1n) is 4.15. The SMILES string of the molecule is C=CCN(CC=C)C(=O)CC#CC. The van der Waals surface area contributed by atoms with E-state index in [0.717, 1.165) is 0 Å². The Kier molecular flexibility index (Phi) is 6.35. The summed E-state index contributed by atoms with van der Waals surface area (Å²) in [4.78, 5) is 13.1. The largest absolute Gasteiger partial charge is 0.334 e. The molecule has 1 amide bonds. The first kappa shape index (κ1) is 11.5. The van der Waals surface area contributed by atoms with Crippen LogP contribution < -0.4 is 0 Å². The molecule has 0 atom stereocenters. The van der Waals surface area contributed by atoms with Gasteiger partial charge in [0.25, 0.3) is 0 Å². The molecule has 0 aromatic heterocycles. The van der Waals surface area contributed by atoms with Crippen molar-refractivity contribution in [2.75, 3.05) is 13.1 Å². The predicted molar refractivity (Wildman–Crippen MR) is 55.0 cm³/mol. The fraction of sp³-hybridized carbons (Fsp3) is 0.364. The zero-order chi connectivity index (χ0) is 10.1. The Balaban J connectivity index is 4.14. The topological polar surface area (TPSA) is 20.3 Å². The molecule has 0 saturated heterocycles. The summed E-state index contributed by atoms with van der Waals surface area (Å²) in [7, 11) is 0. The lowest BCUT2D eigenvalue weighted by atomic mass is 10.3. The van der Waals surface area contributed by atoms with Crippen molar-refractivity contribution in [2.45, 2.75) is 13.3 Å². The fourth-order valence-electron chi connectivity index (χ4n) is 0.866. The minimum absolute atomic E-state index is 0.0224. The van der Waals surface area contributed by atoms with Crippen LogP contribution in [0, 0.1) is 11.8 Å². The molecule has 0 heterocycles. The lowest BCUT2D eigenvalue weighted by molar-refractivity contribution is -0.129. The van der Waals surface area contributed by atoms with Gasteiger partial charge in [0.15, 0.2) is 0 Å². The number of hydrogen-bond acceptors (Lipinski definition) is 1. The molecule has 0 aliphatic rings. The second-order valence-corrected chi connectivity index (χ2v) is 2.48. The van der Waals surface area contributed by atoms with Crippen molar-refractivity contribution < 1.29 is 4.79 Å². The van der Waals surface area contributed by atoms with E-state index in [1.165, 1.54) is 0 Å². The smallest absolute Gasteiger partial charge is 0.235 e. The van der Waals surface area contributed by atoms with Gasteiger partial charge in [0.05, 0.1) is 6.42 Å². The summed E-state index contributed by atoms with van der Waals surface area (Å²) in [5.74, 6) is 5.45. The number of carbonyl (C=O) groups excluding carboxylic acids is 1. The highest BCUT2D eigenvalue weighted by molar-refractivity contribution is 5.78. The molecular formula is C11H15NO. The van der Waals surface area contributed by atoms with Gasteiger partial charge in [0.1, 0.15) is 0 Å². The maximum Gasteiger partial charge on any atom is 0.235 e. The second kappa shape index (κ2) is 7.17. The van der Waals surface area contributed by atoms with E-state index in [9.17, 15) is 4.79 Å². The first-order valence-corrected chi connectivity index (χ1v) is 4.15. The molecule has 0 radical (unpaired) electrons. The third-order valence-electron chi connectivity index (χ3n) is 1.47. The molecular weight excluding hydrogens is 162 g/mol. The van der Waals surface area contributed by atoms with Gasteiger partial charge in [0, 0.05) is 13.1 Å². The van der Waals surface area contributed by atoms with E-state index in [-0.39, 0.29) is 12.3 Å². The van der Waals surface area contributed by atoms with Gasteiger partial charge in [-0.25, -0.2) is 0 Å². The number of amides is 1. The van der Waals surface area contributed by atoms with E-state index >= 15 is 0 Å². The predicted octanol–water partition coefficient (Wildman–Crippen LogP) is 1.60. The van der Waals surface area contributed by atoms with Gasteiger partial charge in [-0.3, -0.25) is 4.79 Å². The molecule has 0 rings (SSSR count). The van der Waals surface area contributed by atoms with Gasteiger partial charge in [-0.15, -0.1) is 19.1 Å². The minimum Gasteiger partial charge on any atom is -0.334 e. The summed E-state index contributed by atoms with van der Waals surface area (Å²) < 4.78 is 0. The molecule has 0 fully saturated rings. The standard InChI is InChI=1S/C11H15NO/c1-4-7-8-11(13)12(9-5-2)10-6-3/h5-6H,2-3,8-10H2,1H3. The number of hydrogen-bond donors (Lipinski definition) is 0. The molecule has 0 aromatic carbocycles. The van der Waals surface area contributed by atoms with Crippen molar-refractivity contribution in [3.05, 3.63) is 25.3 Å². The summed E-state index contributed by atoms with van der Waals surface area (Å²) in [6, 6.07) is 0. The van der Waals surface area contributed by atoms with Crippen LogP contribution in [0.15, 0.2) is 25.3 Å². The van der Waals surface area contributed by atoms with Crippen LogP contribution in [-0.2, 0) is 4.79 Å². The van der Waals surface area contributed by atoms with Crippen LogP contribution in [0.1, 0.15) is 13.3 Å². The summed E-state index contributed by atoms with van der Waals surface area (Å²) in [5.41, 5.74) is 0. The van der Waals surface area contributed by atoms with E-state index in [0.29, 0.717) is 13.1 Å². The van der Waals surface area contributed by atoms with Gasteiger partial charge < -0.3 is 4.90 Å². The Hall–Kier alpha value is -1.49. The van der Waals surface area contributed by atoms with Crippen LogP contribution in [0.4, 0.5) is 0 Å². The quantitative estimate of drug-likeness (QED) is 0.461. The lowest BCUT2D eigenvalue weighted by Gasteiger charge is -2.17. The maximum atomic E-state index is 11.4. The Bertz CT molecular complexity index is 235. The van der Waals surface area contributed by atoms with Crippen molar-refractivity contribution in [3.8, 4) is 11.8 Å². The highest BCUT2D eigenvalue weighted by atomic mass is 16.2. The van der Waals surface area contributed by atoms with Crippen molar-refractivity contribution in [1.29, 1.82) is 0 Å². The van der Waals surface area contributed by atoms with Crippen molar-refractivity contribution in [2.24, 2.45) is 0 Å². The lowest BCUT2D eigenvalue weighted by Crippen LogP contribution is -2.30. The Morgan fingerprint density at radius 1 is 1.38 bits per heavy atom. The highest BCUT2D eigenvalue weighted by Crippen LogP contribution is 1.94. The fourth-order valence-corrected chi connectivity index (χ4v) is 0.866. The minimum atomic E-state index is 0.0224. The van der Waals surface area contributed by atoms with E-state index in [4.69, 9.17) is 0 Å². The highest BCUT2D eigenvalue weighted by Gasteiger charge is 2.07. The monoisotopic (exact) mass is 177 g/mol. The van der Waals surface area contributed by atoms with Gasteiger partial charge in [-0.1, -0.05) is 18.1 Å². The third-order valence-corrected chi connectivity index (χ3v) is 1.47. The van der Waals surface area contributed by atoms with Crippen LogP contribution in [0.25, 0.3) is 0 Å². The molecule has 0 N–H and O–H groups in total. The molecule has 0 unspecified atom stereocenters. The normalized spacial score (nSPS) is 8.08. The molecule has 0 aliphatic carbocycles. The molecule has 70 valence electrons. The first-order chi connectivity index (χ1) is 6.26. The van der Waals surface area contributed by atoms with Crippen LogP contribution in [0.2, 0.25) is 0 Å². The summed E-state index contributed by atoms with van der Waals surface area (Å²) in [6.07, 6.45) is 3.67. The van der Waals surface area contributed by atoms with Crippen molar-refractivity contribution in [3.63, 3.8) is 0 Å². The average molecular weight is 177 g/mol. The van der Waals surface area contributed by atoms with Crippen molar-refractivity contribution >= 4 is 5.91 Å². The van der Waals surface area contributed by atoms with E-state index in [1.54, 1.807) is 24.0 Å². The Morgan fingerprint density at radius 3 is 2.31 bits per heavy atom. The van der Waals surface area contributed by atoms with Gasteiger partial charge >= 0.3 is 0 Å². The van der Waals surface area contributed by atoms with Gasteiger partial charge in [-0.05, 0) is 6.92 Å². The molecule has 0 bridgehead atoms. The number of nitrogens with zero attached hydrogens (tertiary/aromatic N) is 1. The summed E-state index contributed by atoms with van der Waals surface area (Å²) in [6.45, 7) is 9.99. The molecule has 0 aromatic rings. The van der Waals surface area contributed by atoms with E-state index in [1.807, 2.05) is 0 Å². The second-order valence-electron chi connectivity index (χ2n) is 2.48. The molecule has 2 heteroatoms. The van der Waals surface area contributed by atoms with Gasteiger partial charge in [0.2, 0.25) is 5.91 Å². The van der Waals surface area contributed by atoms with E-state index in [2.05, 4.69) is 25.0 Å². The van der Waals surface area contributed by atoms with Crippen molar-refractivity contribution in [1.82, 2.24) is 4.90 Å². The van der Waals surface area contributed by atoms with Crippen LogP contribution >= 0.6 is 0 Å². The number of carbonyl (C=O) groups is 1. The molecule has 13 heavy (non-hydrogen) atoms. The Morgan fingerprint density at radius 2 is 1.92 bits per heavy atom. The maximum absolute atomic E-state index is 11.4. The van der Waals surface area contributed by atoms with E-state index < -0.39 is 0 Å². The Labute approximate surface area is 79.9 Å². The molecule has 0 aliphatic heterocycles. The van der Waals surface area contributed by atoms with Crippen LogP contribution in [0.5, 0.6) is 0 Å². The zero-order valence-electron chi connectivity index (χ0n) is 8.05. The summed E-state index contributed by atoms with van der Waals surface area (Å²) >= 11 is 0. The molecule has 2 nitrogen and oxygen atoms in total. The van der Waals surface area contributed by atoms with Gasteiger partial charge in [-0.2, -0.15) is 0 Å². The number of rotatable bonds is 5. The zero-order valence-corrected chi connectivity index (χ0v) is 8.05.